The lowest BCUT2D eigenvalue weighted by molar-refractivity contribution is 0.0790. The molecular formula is C20H26ClN3O. The van der Waals surface area contributed by atoms with Crippen molar-refractivity contribution in [3.63, 3.8) is 0 Å². The van der Waals surface area contributed by atoms with Crippen molar-refractivity contribution in [2.75, 3.05) is 13.1 Å². The van der Waals surface area contributed by atoms with Crippen LogP contribution in [-0.4, -0.2) is 33.7 Å². The molecule has 2 aromatic rings. The van der Waals surface area contributed by atoms with Crippen LogP contribution in [0.15, 0.2) is 24.3 Å². The number of hydrogen-bond acceptors (Lipinski definition) is 2. The van der Waals surface area contributed by atoms with E-state index in [9.17, 15) is 4.79 Å². The summed E-state index contributed by atoms with van der Waals surface area (Å²) < 4.78 is 1.95. The van der Waals surface area contributed by atoms with Crippen molar-refractivity contribution in [3.8, 4) is 5.69 Å². The maximum Gasteiger partial charge on any atom is 0.257 e. The monoisotopic (exact) mass is 359 g/mol. The minimum Gasteiger partial charge on any atom is -0.339 e. The summed E-state index contributed by atoms with van der Waals surface area (Å²) in [5, 5.41) is 5.54. The summed E-state index contributed by atoms with van der Waals surface area (Å²) in [5.74, 6) is 0.157. The lowest BCUT2D eigenvalue weighted by Gasteiger charge is -2.17. The van der Waals surface area contributed by atoms with E-state index in [1.165, 1.54) is 0 Å². The maximum atomic E-state index is 13.2. The molecule has 25 heavy (non-hydrogen) atoms. The molecule has 1 amide bonds. The SMILES string of the molecule is CCCc1nn(-c2ccc(Cl)cc2)c(CCC)c1C(=O)N1CCCC1. The van der Waals surface area contributed by atoms with Crippen LogP contribution in [0, 0.1) is 0 Å². The van der Waals surface area contributed by atoms with Crippen LogP contribution in [0.4, 0.5) is 0 Å². The topological polar surface area (TPSA) is 38.1 Å². The van der Waals surface area contributed by atoms with Gasteiger partial charge in [-0.3, -0.25) is 4.79 Å². The van der Waals surface area contributed by atoms with Crippen molar-refractivity contribution in [1.29, 1.82) is 0 Å². The molecule has 0 N–H and O–H groups in total. The summed E-state index contributed by atoms with van der Waals surface area (Å²) >= 11 is 6.03. The summed E-state index contributed by atoms with van der Waals surface area (Å²) in [6.07, 6.45) is 5.82. The number of carbonyl (C=O) groups is 1. The third-order valence-electron chi connectivity index (χ3n) is 4.71. The number of rotatable bonds is 6. The second kappa shape index (κ2) is 8.05. The molecule has 0 atom stereocenters. The van der Waals surface area contributed by atoms with Gasteiger partial charge in [0.15, 0.2) is 0 Å². The highest BCUT2D eigenvalue weighted by molar-refractivity contribution is 6.30. The molecule has 1 saturated heterocycles. The number of nitrogens with zero attached hydrogens (tertiary/aromatic N) is 3. The highest BCUT2D eigenvalue weighted by Gasteiger charge is 2.28. The molecule has 1 aromatic heterocycles. The predicted molar refractivity (Wildman–Crippen MR) is 102 cm³/mol. The van der Waals surface area contributed by atoms with E-state index in [0.29, 0.717) is 5.02 Å². The van der Waals surface area contributed by atoms with Gasteiger partial charge < -0.3 is 4.90 Å². The first-order chi connectivity index (χ1) is 12.2. The number of amides is 1. The summed E-state index contributed by atoms with van der Waals surface area (Å²) in [6, 6.07) is 7.67. The smallest absolute Gasteiger partial charge is 0.257 e. The number of halogens is 1. The molecular weight excluding hydrogens is 334 g/mol. The number of likely N-dealkylation sites (tertiary alicyclic amines) is 1. The third-order valence-corrected chi connectivity index (χ3v) is 4.96. The quantitative estimate of drug-likeness (QED) is 0.751. The molecule has 2 heterocycles. The molecule has 0 unspecified atom stereocenters. The first kappa shape index (κ1) is 18.0. The van der Waals surface area contributed by atoms with Crippen molar-refractivity contribution in [1.82, 2.24) is 14.7 Å². The molecule has 0 saturated carbocycles. The van der Waals surface area contributed by atoms with Gasteiger partial charge in [0.1, 0.15) is 0 Å². The van der Waals surface area contributed by atoms with E-state index in [0.717, 1.165) is 74.3 Å². The Labute approximate surface area is 154 Å². The van der Waals surface area contributed by atoms with Crippen LogP contribution < -0.4 is 0 Å². The first-order valence-corrected chi connectivity index (χ1v) is 9.69. The highest BCUT2D eigenvalue weighted by Crippen LogP contribution is 2.25. The van der Waals surface area contributed by atoms with Crippen molar-refractivity contribution in [2.24, 2.45) is 0 Å². The molecule has 1 aliphatic heterocycles. The predicted octanol–water partition coefficient (Wildman–Crippen LogP) is 4.67. The van der Waals surface area contributed by atoms with Crippen molar-refractivity contribution in [3.05, 3.63) is 46.2 Å². The van der Waals surface area contributed by atoms with Crippen LogP contribution in [0.2, 0.25) is 5.02 Å². The number of aryl methyl sites for hydroxylation is 1. The van der Waals surface area contributed by atoms with Gasteiger partial charge >= 0.3 is 0 Å². The Balaban J connectivity index is 2.10. The average Bonchev–Trinajstić information content (AvgIpc) is 3.25. The minimum atomic E-state index is 0.157. The average molecular weight is 360 g/mol. The Morgan fingerprint density at radius 2 is 1.72 bits per heavy atom. The normalized spacial score (nSPS) is 14.3. The van der Waals surface area contributed by atoms with Crippen molar-refractivity contribution < 1.29 is 4.79 Å². The fourth-order valence-electron chi connectivity index (χ4n) is 3.50. The van der Waals surface area contributed by atoms with Crippen LogP contribution in [0.25, 0.3) is 5.69 Å². The van der Waals surface area contributed by atoms with Crippen LogP contribution in [0.5, 0.6) is 0 Å². The second-order valence-corrected chi connectivity index (χ2v) is 7.09. The zero-order valence-corrected chi connectivity index (χ0v) is 15.9. The standard InChI is InChI=1S/C20H26ClN3O/c1-3-7-17-19(20(25)23-13-5-6-14-23)18(8-4-2)24(22-17)16-11-9-15(21)10-12-16/h9-12H,3-8,13-14H2,1-2H3. The summed E-state index contributed by atoms with van der Waals surface area (Å²) in [7, 11) is 0. The Kier molecular flexibility index (Phi) is 5.79. The zero-order chi connectivity index (χ0) is 17.8. The van der Waals surface area contributed by atoms with Gasteiger partial charge in [-0.1, -0.05) is 38.3 Å². The van der Waals surface area contributed by atoms with Gasteiger partial charge in [-0.2, -0.15) is 5.10 Å². The molecule has 1 fully saturated rings. The third kappa shape index (κ3) is 3.74. The molecule has 3 rings (SSSR count). The van der Waals surface area contributed by atoms with E-state index in [2.05, 4.69) is 13.8 Å². The van der Waals surface area contributed by atoms with Crippen LogP contribution in [0.1, 0.15) is 61.3 Å². The van der Waals surface area contributed by atoms with E-state index in [4.69, 9.17) is 16.7 Å². The van der Waals surface area contributed by atoms with E-state index >= 15 is 0 Å². The maximum absolute atomic E-state index is 13.2. The van der Waals surface area contributed by atoms with E-state index < -0.39 is 0 Å². The Bertz CT molecular complexity index is 730. The van der Waals surface area contributed by atoms with Gasteiger partial charge in [-0.05, 0) is 49.9 Å². The molecule has 0 radical (unpaired) electrons. The van der Waals surface area contributed by atoms with E-state index in [1.807, 2.05) is 33.8 Å². The lowest BCUT2D eigenvalue weighted by Crippen LogP contribution is -2.29. The molecule has 1 aromatic carbocycles. The first-order valence-electron chi connectivity index (χ1n) is 9.31. The molecule has 1 aliphatic rings. The van der Waals surface area contributed by atoms with Gasteiger partial charge in [0.2, 0.25) is 0 Å². The summed E-state index contributed by atoms with van der Waals surface area (Å²) in [5.41, 5.74) is 3.76. The van der Waals surface area contributed by atoms with E-state index in [-0.39, 0.29) is 5.91 Å². The fraction of sp³-hybridized carbons (Fsp3) is 0.500. The van der Waals surface area contributed by atoms with Gasteiger partial charge in [0, 0.05) is 18.1 Å². The minimum absolute atomic E-state index is 0.157. The van der Waals surface area contributed by atoms with Gasteiger partial charge in [0.25, 0.3) is 5.91 Å². The van der Waals surface area contributed by atoms with Crippen LogP contribution in [0.3, 0.4) is 0 Å². The number of aromatic nitrogens is 2. The summed E-state index contributed by atoms with van der Waals surface area (Å²) in [4.78, 5) is 15.2. The van der Waals surface area contributed by atoms with Crippen LogP contribution >= 0.6 is 11.6 Å². The molecule has 0 aliphatic carbocycles. The Morgan fingerprint density at radius 3 is 2.32 bits per heavy atom. The van der Waals surface area contributed by atoms with Gasteiger partial charge in [-0.25, -0.2) is 4.68 Å². The largest absolute Gasteiger partial charge is 0.339 e. The number of carbonyl (C=O) groups excluding carboxylic acids is 1. The van der Waals surface area contributed by atoms with E-state index in [1.54, 1.807) is 0 Å². The Hall–Kier alpha value is -1.81. The van der Waals surface area contributed by atoms with Crippen LogP contribution in [-0.2, 0) is 12.8 Å². The molecule has 0 bridgehead atoms. The number of hydrogen-bond donors (Lipinski definition) is 0. The summed E-state index contributed by atoms with van der Waals surface area (Å²) in [6.45, 7) is 6.00. The molecule has 0 spiro atoms. The zero-order valence-electron chi connectivity index (χ0n) is 15.1. The fourth-order valence-corrected chi connectivity index (χ4v) is 3.63. The molecule has 5 heteroatoms. The van der Waals surface area contributed by atoms with Gasteiger partial charge in [-0.15, -0.1) is 0 Å². The highest BCUT2D eigenvalue weighted by atomic mass is 35.5. The Morgan fingerprint density at radius 1 is 1.08 bits per heavy atom. The van der Waals surface area contributed by atoms with Crippen molar-refractivity contribution in [2.45, 2.75) is 52.4 Å². The molecule has 134 valence electrons. The van der Waals surface area contributed by atoms with Crippen molar-refractivity contribution >= 4 is 17.5 Å². The molecule has 4 nitrogen and oxygen atoms in total. The number of benzene rings is 1. The second-order valence-electron chi connectivity index (χ2n) is 6.66. The lowest BCUT2D eigenvalue weighted by atomic mass is 10.0. The van der Waals surface area contributed by atoms with Gasteiger partial charge in [0.05, 0.1) is 22.6 Å².